The van der Waals surface area contributed by atoms with Crippen LogP contribution in [0.2, 0.25) is 0 Å². The molecular formula is C22H21BrN6O4. The van der Waals surface area contributed by atoms with Crippen LogP contribution in [0.3, 0.4) is 0 Å². The molecule has 0 spiro atoms. The monoisotopic (exact) mass is 512 g/mol. The van der Waals surface area contributed by atoms with Crippen molar-refractivity contribution in [3.63, 3.8) is 0 Å². The van der Waals surface area contributed by atoms with Gasteiger partial charge in [-0.15, -0.1) is 0 Å². The molecule has 0 bridgehead atoms. The minimum atomic E-state index is -0.653. The summed E-state index contributed by atoms with van der Waals surface area (Å²) in [5.74, 6) is -0.823. The van der Waals surface area contributed by atoms with Gasteiger partial charge in [0.1, 0.15) is 6.54 Å². The maximum atomic E-state index is 12.8. The van der Waals surface area contributed by atoms with Gasteiger partial charge in [0.15, 0.2) is 5.82 Å². The zero-order valence-electron chi connectivity index (χ0n) is 17.5. The Morgan fingerprint density at radius 1 is 1.30 bits per heavy atom. The number of carbonyl (C=O) groups excluding carboxylic acids is 3. The Hall–Kier alpha value is -3.86. The molecule has 1 aromatic carbocycles. The Bertz CT molecular complexity index is 1250. The number of benzene rings is 1. The fraction of sp³-hybridized carbons (Fsp3) is 0.182. The van der Waals surface area contributed by atoms with Gasteiger partial charge in [-0.25, -0.2) is 9.78 Å². The molecule has 3 heterocycles. The molecule has 11 heteroatoms. The number of amides is 2. The SMILES string of the molecule is C=CC(=O)N1CC(NC(=O)Cn2cc(C(=O)ONc3ncccc3N)c3cc(Br)ccc32)C1. The van der Waals surface area contributed by atoms with E-state index >= 15 is 0 Å². The molecule has 4 rings (SSSR count). The second-order valence-electron chi connectivity index (χ2n) is 7.48. The first-order valence-corrected chi connectivity index (χ1v) is 10.8. The highest BCUT2D eigenvalue weighted by molar-refractivity contribution is 9.10. The van der Waals surface area contributed by atoms with Crippen molar-refractivity contribution in [2.24, 2.45) is 0 Å². The standard InChI is InChI=1S/C22H21BrN6O4/c1-2-20(31)29-9-14(10-29)26-19(30)12-28-11-16(15-8-13(23)5-6-18(15)28)22(32)33-27-21-17(24)4-3-7-25-21/h2-8,11,14H,1,9-10,12,24H2,(H,25,27)(H,26,30). The third kappa shape index (κ3) is 4.82. The molecule has 0 atom stereocenters. The fourth-order valence-corrected chi connectivity index (χ4v) is 3.88. The molecule has 0 unspecified atom stereocenters. The number of rotatable bonds is 7. The Morgan fingerprint density at radius 3 is 2.82 bits per heavy atom. The van der Waals surface area contributed by atoms with Gasteiger partial charge in [0, 0.05) is 40.9 Å². The summed E-state index contributed by atoms with van der Waals surface area (Å²) in [5, 5.41) is 3.51. The van der Waals surface area contributed by atoms with Crippen LogP contribution in [0.4, 0.5) is 11.5 Å². The van der Waals surface area contributed by atoms with Crippen LogP contribution in [0.15, 0.2) is 59.9 Å². The fourth-order valence-electron chi connectivity index (χ4n) is 3.52. The number of hydrogen-bond donors (Lipinski definition) is 3. The van der Waals surface area contributed by atoms with Crippen molar-refractivity contribution < 1.29 is 19.2 Å². The summed E-state index contributed by atoms with van der Waals surface area (Å²) >= 11 is 3.41. The molecule has 10 nitrogen and oxygen atoms in total. The molecule has 1 fully saturated rings. The van der Waals surface area contributed by atoms with Crippen LogP contribution in [-0.4, -0.2) is 51.4 Å². The average molecular weight is 513 g/mol. The highest BCUT2D eigenvalue weighted by Gasteiger charge is 2.30. The second kappa shape index (κ2) is 9.33. The molecule has 0 radical (unpaired) electrons. The first kappa shape index (κ1) is 22.3. The number of nitrogens with zero attached hydrogens (tertiary/aromatic N) is 3. The Kier molecular flexibility index (Phi) is 6.31. The summed E-state index contributed by atoms with van der Waals surface area (Å²) in [5.41, 5.74) is 9.57. The number of hydrogen-bond acceptors (Lipinski definition) is 7. The summed E-state index contributed by atoms with van der Waals surface area (Å²) in [7, 11) is 0. The highest BCUT2D eigenvalue weighted by Crippen LogP contribution is 2.26. The van der Waals surface area contributed by atoms with E-state index in [4.69, 9.17) is 10.6 Å². The number of pyridine rings is 1. The third-order valence-corrected chi connectivity index (χ3v) is 5.68. The maximum absolute atomic E-state index is 12.8. The van der Waals surface area contributed by atoms with Gasteiger partial charge in [0.05, 0.1) is 17.3 Å². The van der Waals surface area contributed by atoms with Gasteiger partial charge in [-0.2, -0.15) is 5.48 Å². The molecule has 4 N–H and O–H groups in total. The third-order valence-electron chi connectivity index (χ3n) is 5.19. The van der Waals surface area contributed by atoms with Crippen molar-refractivity contribution in [3.05, 3.63) is 65.4 Å². The van der Waals surface area contributed by atoms with E-state index in [1.54, 1.807) is 33.9 Å². The summed E-state index contributed by atoms with van der Waals surface area (Å²) in [6.45, 7) is 4.33. The molecule has 1 aliphatic heterocycles. The Labute approximate surface area is 197 Å². The van der Waals surface area contributed by atoms with E-state index in [1.165, 1.54) is 12.3 Å². The van der Waals surface area contributed by atoms with E-state index in [2.05, 4.69) is 38.3 Å². The smallest absolute Gasteiger partial charge is 0.365 e. The number of nitrogens with two attached hydrogens (primary N) is 1. The number of aromatic nitrogens is 2. The van der Waals surface area contributed by atoms with Crippen molar-refractivity contribution >= 4 is 56.1 Å². The van der Waals surface area contributed by atoms with Crippen LogP contribution < -0.4 is 16.5 Å². The van der Waals surface area contributed by atoms with Gasteiger partial charge >= 0.3 is 5.97 Å². The molecule has 170 valence electrons. The number of likely N-dealkylation sites (tertiary alicyclic amines) is 1. The van der Waals surface area contributed by atoms with E-state index in [0.717, 1.165) is 4.47 Å². The predicted molar refractivity (Wildman–Crippen MR) is 126 cm³/mol. The van der Waals surface area contributed by atoms with Gasteiger partial charge in [0.2, 0.25) is 11.8 Å². The molecule has 33 heavy (non-hydrogen) atoms. The molecule has 0 saturated carbocycles. The topological polar surface area (TPSA) is 132 Å². The van der Waals surface area contributed by atoms with Crippen molar-refractivity contribution in [3.8, 4) is 0 Å². The quantitative estimate of drug-likeness (QED) is 0.326. The number of nitrogens with one attached hydrogen (secondary N) is 2. The van der Waals surface area contributed by atoms with Gasteiger partial charge in [0.25, 0.3) is 0 Å². The van der Waals surface area contributed by atoms with Crippen LogP contribution in [0, 0.1) is 0 Å². The van der Waals surface area contributed by atoms with Crippen molar-refractivity contribution in [1.29, 1.82) is 0 Å². The largest absolute Gasteiger partial charge is 0.396 e. The van der Waals surface area contributed by atoms with Crippen LogP contribution in [0.25, 0.3) is 10.9 Å². The molecule has 1 aliphatic rings. The summed E-state index contributed by atoms with van der Waals surface area (Å²) < 4.78 is 2.45. The van der Waals surface area contributed by atoms with Crippen molar-refractivity contribution in [1.82, 2.24) is 19.8 Å². The number of nitrogen functional groups attached to an aromatic ring is 1. The molecule has 0 aliphatic carbocycles. The van der Waals surface area contributed by atoms with Crippen LogP contribution in [0.5, 0.6) is 0 Å². The minimum absolute atomic E-state index is 0.00205. The van der Waals surface area contributed by atoms with Crippen molar-refractivity contribution in [2.45, 2.75) is 12.6 Å². The molecule has 2 aromatic heterocycles. The normalized spacial score (nSPS) is 13.3. The summed E-state index contributed by atoms with van der Waals surface area (Å²) in [4.78, 5) is 47.7. The van der Waals surface area contributed by atoms with Crippen molar-refractivity contribution in [2.75, 3.05) is 24.3 Å². The first-order valence-electron chi connectivity index (χ1n) is 10.0. The van der Waals surface area contributed by atoms with Crippen LogP contribution >= 0.6 is 15.9 Å². The van der Waals surface area contributed by atoms with E-state index in [-0.39, 0.29) is 35.8 Å². The Morgan fingerprint density at radius 2 is 2.09 bits per heavy atom. The zero-order valence-corrected chi connectivity index (χ0v) is 19.0. The molecule has 3 aromatic rings. The lowest BCUT2D eigenvalue weighted by atomic mass is 10.1. The van der Waals surface area contributed by atoms with Gasteiger partial charge in [-0.1, -0.05) is 22.5 Å². The minimum Gasteiger partial charge on any atom is -0.396 e. The zero-order chi connectivity index (χ0) is 23.5. The van der Waals surface area contributed by atoms with Crippen LogP contribution in [0.1, 0.15) is 10.4 Å². The lowest BCUT2D eigenvalue weighted by Gasteiger charge is -2.38. The lowest BCUT2D eigenvalue weighted by molar-refractivity contribution is -0.133. The maximum Gasteiger partial charge on any atom is 0.365 e. The number of anilines is 2. The Balaban J connectivity index is 1.47. The summed E-state index contributed by atoms with van der Waals surface area (Å²) in [6.07, 6.45) is 4.33. The van der Waals surface area contributed by atoms with E-state index in [9.17, 15) is 14.4 Å². The van der Waals surface area contributed by atoms with Gasteiger partial charge in [-0.05, 0) is 36.4 Å². The molecule has 2 amide bonds. The number of halogens is 1. The average Bonchev–Trinajstić information content (AvgIpc) is 3.12. The number of carbonyl (C=O) groups is 3. The van der Waals surface area contributed by atoms with E-state index in [0.29, 0.717) is 29.7 Å². The highest BCUT2D eigenvalue weighted by atomic mass is 79.9. The lowest BCUT2D eigenvalue weighted by Crippen LogP contribution is -2.61. The van der Waals surface area contributed by atoms with E-state index in [1.807, 2.05) is 12.1 Å². The predicted octanol–water partition coefficient (Wildman–Crippen LogP) is 2.08. The van der Waals surface area contributed by atoms with Gasteiger partial charge in [-0.3, -0.25) is 9.59 Å². The van der Waals surface area contributed by atoms with Crippen LogP contribution in [-0.2, 0) is 21.0 Å². The molecular weight excluding hydrogens is 492 g/mol. The molecule has 1 saturated heterocycles. The summed E-state index contributed by atoms with van der Waals surface area (Å²) in [6, 6.07) is 8.58. The van der Waals surface area contributed by atoms with Gasteiger partial charge < -0.3 is 25.4 Å². The first-order chi connectivity index (χ1) is 15.9. The second-order valence-corrected chi connectivity index (χ2v) is 8.39. The van der Waals surface area contributed by atoms with E-state index < -0.39 is 5.97 Å². The number of fused-ring (bicyclic) bond motifs is 1.